The lowest BCUT2D eigenvalue weighted by Gasteiger charge is -2.36. The number of hydrogen-bond donors (Lipinski definition) is 1. The third-order valence-electron chi connectivity index (χ3n) is 3.99. The average Bonchev–Trinajstić information content (AvgIpc) is 2.57. The predicted octanol–water partition coefficient (Wildman–Crippen LogP) is 2.51. The molecule has 19 heavy (non-hydrogen) atoms. The average molecular weight is 286 g/mol. The number of aryl methyl sites for hydroxylation is 2. The summed E-state index contributed by atoms with van der Waals surface area (Å²) in [7, 11) is 1.88. The summed E-state index contributed by atoms with van der Waals surface area (Å²) in [5.74, 6) is 0. The van der Waals surface area contributed by atoms with Gasteiger partial charge in [-0.2, -0.15) is 5.10 Å². The normalized spacial score (nSPS) is 22.7. The summed E-state index contributed by atoms with van der Waals surface area (Å²) >= 11 is 6.31. The van der Waals surface area contributed by atoms with E-state index in [0.717, 1.165) is 35.9 Å². The van der Waals surface area contributed by atoms with Gasteiger partial charge in [0.1, 0.15) is 5.15 Å². The van der Waals surface area contributed by atoms with Crippen LogP contribution in [0.25, 0.3) is 0 Å². The van der Waals surface area contributed by atoms with Crippen LogP contribution in [-0.4, -0.2) is 38.5 Å². The van der Waals surface area contributed by atoms with Gasteiger partial charge in [-0.05, 0) is 39.7 Å². The number of hydrogen-bond acceptors (Lipinski definition) is 3. The summed E-state index contributed by atoms with van der Waals surface area (Å²) in [6, 6.07) is 0.462. The van der Waals surface area contributed by atoms with E-state index in [4.69, 9.17) is 11.6 Å². The van der Waals surface area contributed by atoms with Crippen molar-refractivity contribution in [3.63, 3.8) is 0 Å². The minimum absolute atomic E-state index is 0.240. The quantitative estimate of drug-likeness (QED) is 0.924. The highest BCUT2D eigenvalue weighted by molar-refractivity contribution is 6.30. The smallest absolute Gasteiger partial charge is 0.131 e. The van der Waals surface area contributed by atoms with Gasteiger partial charge in [-0.3, -0.25) is 9.58 Å². The van der Waals surface area contributed by atoms with E-state index in [0.29, 0.717) is 6.04 Å². The van der Waals surface area contributed by atoms with Crippen molar-refractivity contribution in [1.29, 1.82) is 0 Å². The van der Waals surface area contributed by atoms with Gasteiger partial charge in [0.15, 0.2) is 0 Å². The van der Waals surface area contributed by atoms with E-state index < -0.39 is 0 Å². The van der Waals surface area contributed by atoms with Crippen LogP contribution in [0.2, 0.25) is 5.15 Å². The van der Waals surface area contributed by atoms with Crippen LogP contribution in [0.3, 0.4) is 0 Å². The third-order valence-corrected chi connectivity index (χ3v) is 4.47. The lowest BCUT2D eigenvalue weighted by molar-refractivity contribution is 0.0817. The van der Waals surface area contributed by atoms with Crippen LogP contribution in [0.15, 0.2) is 0 Å². The molecule has 0 spiro atoms. The Hall–Kier alpha value is -0.580. The highest BCUT2D eigenvalue weighted by atomic mass is 35.5. The lowest BCUT2D eigenvalue weighted by atomic mass is 9.96. The Labute approximate surface area is 120 Å². The van der Waals surface area contributed by atoms with E-state index in [9.17, 15) is 5.11 Å². The molecular weight excluding hydrogens is 262 g/mol. The van der Waals surface area contributed by atoms with Gasteiger partial charge in [0, 0.05) is 25.2 Å². The van der Waals surface area contributed by atoms with Crippen LogP contribution in [-0.2, 0) is 13.6 Å². The van der Waals surface area contributed by atoms with Crippen LogP contribution in [0.4, 0.5) is 0 Å². The maximum absolute atomic E-state index is 9.63. The van der Waals surface area contributed by atoms with Gasteiger partial charge in [-0.1, -0.05) is 18.0 Å². The predicted molar refractivity (Wildman–Crippen MR) is 77.3 cm³/mol. The minimum atomic E-state index is -0.240. The number of nitrogens with zero attached hydrogens (tertiary/aromatic N) is 3. The summed E-state index contributed by atoms with van der Waals surface area (Å²) < 4.78 is 1.74. The number of piperidine rings is 1. The zero-order chi connectivity index (χ0) is 14.0. The van der Waals surface area contributed by atoms with Gasteiger partial charge in [0.2, 0.25) is 0 Å². The first-order chi connectivity index (χ1) is 8.99. The number of aromatic nitrogens is 2. The molecule has 2 atom stereocenters. The van der Waals surface area contributed by atoms with E-state index in [1.54, 1.807) is 4.68 Å². The van der Waals surface area contributed by atoms with Crippen molar-refractivity contribution in [2.75, 3.05) is 6.54 Å². The molecule has 0 aliphatic carbocycles. The Morgan fingerprint density at radius 3 is 2.79 bits per heavy atom. The molecular formula is C14H24ClN3O. The Morgan fingerprint density at radius 2 is 2.21 bits per heavy atom. The monoisotopic (exact) mass is 285 g/mol. The van der Waals surface area contributed by atoms with Crippen LogP contribution >= 0.6 is 11.6 Å². The van der Waals surface area contributed by atoms with Crippen LogP contribution in [0.1, 0.15) is 43.9 Å². The molecule has 1 saturated heterocycles. The maximum atomic E-state index is 9.63. The zero-order valence-electron chi connectivity index (χ0n) is 12.1. The Balaban J connectivity index is 2.10. The fourth-order valence-electron chi connectivity index (χ4n) is 2.99. The number of aliphatic hydroxyl groups excluding tert-OH is 1. The minimum Gasteiger partial charge on any atom is -0.393 e. The number of halogens is 1. The van der Waals surface area contributed by atoms with Crippen molar-refractivity contribution in [2.45, 2.75) is 58.2 Å². The summed E-state index contributed by atoms with van der Waals surface area (Å²) in [6.07, 6.45) is 4.26. The molecule has 0 radical (unpaired) electrons. The fourth-order valence-corrected chi connectivity index (χ4v) is 3.22. The van der Waals surface area contributed by atoms with E-state index in [-0.39, 0.29) is 6.10 Å². The molecule has 1 fully saturated rings. The van der Waals surface area contributed by atoms with E-state index in [2.05, 4.69) is 10.00 Å². The first-order valence-electron chi connectivity index (χ1n) is 7.09. The molecule has 2 unspecified atom stereocenters. The van der Waals surface area contributed by atoms with Crippen LogP contribution in [0.5, 0.6) is 0 Å². The van der Waals surface area contributed by atoms with Gasteiger partial charge in [-0.15, -0.1) is 0 Å². The number of likely N-dealkylation sites (tertiary alicyclic amines) is 1. The van der Waals surface area contributed by atoms with Gasteiger partial charge in [-0.25, -0.2) is 0 Å². The molecule has 1 aromatic rings. The molecule has 1 N–H and O–H groups in total. The van der Waals surface area contributed by atoms with Gasteiger partial charge >= 0.3 is 0 Å². The SMILES string of the molecule is Cc1nn(C)c(Cl)c1CN1CCCCC1CC(C)O. The van der Waals surface area contributed by atoms with Crippen molar-refractivity contribution >= 4 is 11.6 Å². The van der Waals surface area contributed by atoms with E-state index >= 15 is 0 Å². The van der Waals surface area contributed by atoms with Gasteiger partial charge < -0.3 is 5.11 Å². The molecule has 0 saturated carbocycles. The van der Waals surface area contributed by atoms with E-state index in [1.165, 1.54) is 19.3 Å². The molecule has 1 aromatic heterocycles. The molecule has 4 nitrogen and oxygen atoms in total. The Bertz CT molecular complexity index is 431. The molecule has 2 heterocycles. The molecule has 0 aromatic carbocycles. The highest BCUT2D eigenvalue weighted by Gasteiger charge is 2.25. The Morgan fingerprint density at radius 1 is 1.47 bits per heavy atom. The van der Waals surface area contributed by atoms with Gasteiger partial charge in [0.25, 0.3) is 0 Å². The molecule has 1 aliphatic heterocycles. The lowest BCUT2D eigenvalue weighted by Crippen LogP contribution is -2.40. The van der Waals surface area contributed by atoms with Crippen molar-refractivity contribution in [1.82, 2.24) is 14.7 Å². The first kappa shape index (κ1) is 14.8. The van der Waals surface area contributed by atoms with Crippen molar-refractivity contribution < 1.29 is 5.11 Å². The molecule has 1 aliphatic rings. The first-order valence-corrected chi connectivity index (χ1v) is 7.47. The Kier molecular flexibility index (Phi) is 4.87. The van der Waals surface area contributed by atoms with E-state index in [1.807, 2.05) is 20.9 Å². The summed E-state index contributed by atoms with van der Waals surface area (Å²) in [5.41, 5.74) is 2.13. The van der Waals surface area contributed by atoms with Crippen molar-refractivity contribution in [2.24, 2.45) is 7.05 Å². The second kappa shape index (κ2) is 6.25. The summed E-state index contributed by atoms with van der Waals surface area (Å²) in [6.45, 7) is 5.81. The van der Waals surface area contributed by atoms with Crippen LogP contribution in [0, 0.1) is 6.92 Å². The largest absolute Gasteiger partial charge is 0.393 e. The molecule has 2 rings (SSSR count). The number of aliphatic hydroxyl groups is 1. The van der Waals surface area contributed by atoms with Crippen molar-refractivity contribution in [3.05, 3.63) is 16.4 Å². The zero-order valence-corrected chi connectivity index (χ0v) is 12.8. The second-order valence-corrected chi connectivity index (χ2v) is 6.04. The summed E-state index contributed by atoms with van der Waals surface area (Å²) in [4.78, 5) is 2.45. The molecule has 0 bridgehead atoms. The number of rotatable bonds is 4. The van der Waals surface area contributed by atoms with Crippen molar-refractivity contribution in [3.8, 4) is 0 Å². The second-order valence-electron chi connectivity index (χ2n) is 5.68. The summed E-state index contributed by atoms with van der Waals surface area (Å²) in [5, 5.41) is 14.7. The molecule has 108 valence electrons. The topological polar surface area (TPSA) is 41.3 Å². The van der Waals surface area contributed by atoms with Crippen LogP contribution < -0.4 is 0 Å². The molecule has 5 heteroatoms. The maximum Gasteiger partial charge on any atom is 0.131 e. The molecule has 0 amide bonds. The third kappa shape index (κ3) is 3.50. The fraction of sp³-hybridized carbons (Fsp3) is 0.786. The standard InChI is InChI=1S/C14H24ClN3O/c1-10(19)8-12-6-4-5-7-18(12)9-13-11(2)16-17(3)14(13)15/h10,12,19H,4-9H2,1-3H3. The van der Waals surface area contributed by atoms with Gasteiger partial charge in [0.05, 0.1) is 11.8 Å². The highest BCUT2D eigenvalue weighted by Crippen LogP contribution is 2.26.